The fraction of sp³-hybridized carbons (Fsp3) is 0.227. The van der Waals surface area contributed by atoms with E-state index < -0.39 is 0 Å². The van der Waals surface area contributed by atoms with Crippen LogP contribution in [0.5, 0.6) is 0 Å². The largest absolute Gasteiger partial charge is 0.310 e. The summed E-state index contributed by atoms with van der Waals surface area (Å²) >= 11 is 0. The average molecular weight is 603 g/mol. The van der Waals surface area contributed by atoms with Gasteiger partial charge >= 0.3 is 0 Å². The van der Waals surface area contributed by atoms with Crippen LogP contribution >= 0.6 is 0 Å². The molecule has 2 heteroatoms. The lowest BCUT2D eigenvalue weighted by atomic mass is 9.69. The quantitative estimate of drug-likeness (QED) is 0.171. The van der Waals surface area contributed by atoms with Crippen molar-refractivity contribution in [2.75, 3.05) is 9.80 Å². The van der Waals surface area contributed by atoms with Crippen molar-refractivity contribution in [2.45, 2.75) is 53.9 Å². The zero-order valence-corrected chi connectivity index (χ0v) is 28.1. The van der Waals surface area contributed by atoms with Gasteiger partial charge in [-0.3, -0.25) is 0 Å². The van der Waals surface area contributed by atoms with Crippen LogP contribution in [-0.2, 0) is 0 Å². The molecular formula is C44H46N2. The van der Waals surface area contributed by atoms with Crippen LogP contribution in [0.15, 0.2) is 152 Å². The monoisotopic (exact) mass is 602 g/mol. The van der Waals surface area contributed by atoms with Crippen molar-refractivity contribution < 1.29 is 0 Å². The highest BCUT2D eigenvalue weighted by atomic mass is 15.2. The van der Waals surface area contributed by atoms with Crippen LogP contribution in [0.2, 0.25) is 0 Å². The van der Waals surface area contributed by atoms with Crippen molar-refractivity contribution in [3.05, 3.63) is 157 Å². The Hall–Kier alpha value is -4.82. The Morgan fingerprint density at radius 1 is 0.457 bits per heavy atom. The van der Waals surface area contributed by atoms with E-state index in [-0.39, 0.29) is 10.8 Å². The fourth-order valence-corrected chi connectivity index (χ4v) is 6.60. The molecule has 46 heavy (non-hydrogen) atoms. The van der Waals surface area contributed by atoms with Gasteiger partial charge in [0.15, 0.2) is 0 Å². The molecule has 0 amide bonds. The van der Waals surface area contributed by atoms with Gasteiger partial charge in [-0.05, 0) is 94.8 Å². The van der Waals surface area contributed by atoms with E-state index in [0.717, 1.165) is 40.5 Å². The van der Waals surface area contributed by atoms with Crippen molar-refractivity contribution in [1.29, 1.82) is 0 Å². The van der Waals surface area contributed by atoms with E-state index in [9.17, 15) is 0 Å². The molecule has 0 saturated carbocycles. The van der Waals surface area contributed by atoms with Crippen LogP contribution in [0.1, 0.15) is 59.4 Å². The van der Waals surface area contributed by atoms with E-state index in [1.807, 2.05) is 0 Å². The highest BCUT2D eigenvalue weighted by Gasteiger charge is 2.30. The maximum atomic E-state index is 2.42. The number of anilines is 6. The molecule has 0 fully saturated rings. The van der Waals surface area contributed by atoms with Crippen molar-refractivity contribution in [2.24, 2.45) is 10.8 Å². The minimum Gasteiger partial charge on any atom is -0.310 e. The molecule has 0 N–H and O–H groups in total. The third kappa shape index (κ3) is 6.87. The maximum absolute atomic E-state index is 2.42. The summed E-state index contributed by atoms with van der Waals surface area (Å²) in [6, 6.07) is 54.8. The molecule has 232 valence electrons. The number of fused-ring (bicyclic) bond motifs is 1. The normalized spacial score (nSPS) is 12.6. The van der Waals surface area contributed by atoms with Crippen LogP contribution in [-0.4, -0.2) is 0 Å². The molecule has 0 saturated heterocycles. The minimum absolute atomic E-state index is 0.163. The Kier molecular flexibility index (Phi) is 8.73. The zero-order chi connectivity index (χ0) is 32.3. The van der Waals surface area contributed by atoms with Crippen molar-refractivity contribution in [3.8, 4) is 0 Å². The Labute approximate surface area is 276 Å². The number of rotatable bonds is 8. The first-order valence-electron chi connectivity index (χ1n) is 16.5. The molecule has 0 bridgehead atoms. The van der Waals surface area contributed by atoms with E-state index in [2.05, 4.69) is 203 Å². The van der Waals surface area contributed by atoms with Crippen LogP contribution in [0, 0.1) is 10.8 Å². The molecule has 1 atom stereocenters. The Bertz CT molecular complexity index is 1830. The highest BCUT2D eigenvalue weighted by Crippen LogP contribution is 2.46. The first kappa shape index (κ1) is 31.2. The highest BCUT2D eigenvalue weighted by molar-refractivity contribution is 5.99. The molecule has 0 aliphatic carbocycles. The molecule has 0 radical (unpaired) electrons. The summed E-state index contributed by atoms with van der Waals surface area (Å²) in [4.78, 5) is 4.74. The third-order valence-electron chi connectivity index (χ3n) is 8.80. The van der Waals surface area contributed by atoms with Crippen LogP contribution in [0.25, 0.3) is 10.8 Å². The van der Waals surface area contributed by atoms with Gasteiger partial charge < -0.3 is 9.80 Å². The summed E-state index contributed by atoms with van der Waals surface area (Å²) in [5, 5.41) is 2.45. The Morgan fingerprint density at radius 2 is 0.935 bits per heavy atom. The molecule has 0 aromatic heterocycles. The van der Waals surface area contributed by atoms with E-state index in [1.165, 1.54) is 16.3 Å². The summed E-state index contributed by atoms with van der Waals surface area (Å²) in [6.45, 7) is 14.2. The third-order valence-corrected chi connectivity index (χ3v) is 8.80. The fourth-order valence-electron chi connectivity index (χ4n) is 6.60. The van der Waals surface area contributed by atoms with E-state index >= 15 is 0 Å². The van der Waals surface area contributed by atoms with Crippen molar-refractivity contribution in [1.82, 2.24) is 0 Å². The summed E-state index contributed by atoms with van der Waals surface area (Å²) < 4.78 is 0. The van der Waals surface area contributed by atoms with Crippen LogP contribution in [0.4, 0.5) is 34.1 Å². The molecule has 0 aliphatic heterocycles. The average Bonchev–Trinajstić information content (AvgIpc) is 3.05. The summed E-state index contributed by atoms with van der Waals surface area (Å²) in [5.41, 5.74) is 8.58. The topological polar surface area (TPSA) is 6.48 Å². The molecule has 6 aromatic rings. The number of hydrogen-bond donors (Lipinski definition) is 0. The Morgan fingerprint density at radius 3 is 1.52 bits per heavy atom. The first-order valence-corrected chi connectivity index (χ1v) is 16.5. The number of benzene rings is 6. The van der Waals surface area contributed by atoms with Gasteiger partial charge in [-0.25, -0.2) is 0 Å². The molecule has 2 nitrogen and oxygen atoms in total. The predicted octanol–water partition coefficient (Wildman–Crippen LogP) is 13.3. The van der Waals surface area contributed by atoms with Gasteiger partial charge in [0.05, 0.1) is 5.69 Å². The second-order valence-corrected chi connectivity index (χ2v) is 14.6. The molecule has 0 aliphatic rings. The molecule has 1 unspecified atom stereocenters. The SMILES string of the molecule is CC(C)(C)CC(c1ccc(N(c2cccc(N(c3ccccc3)c3ccccc3)c2)c2cccc3ccccc23)cc1)C(C)(C)C. The number of para-hydroxylation sites is 2. The van der Waals surface area contributed by atoms with E-state index in [1.54, 1.807) is 0 Å². The lowest BCUT2D eigenvalue weighted by molar-refractivity contribution is 0.229. The molecule has 0 spiro atoms. The van der Waals surface area contributed by atoms with Gasteiger partial charge in [-0.2, -0.15) is 0 Å². The molecular weight excluding hydrogens is 556 g/mol. The zero-order valence-electron chi connectivity index (χ0n) is 28.1. The Balaban J connectivity index is 1.50. The number of nitrogens with zero attached hydrogens (tertiary/aromatic N) is 2. The van der Waals surface area contributed by atoms with E-state index in [4.69, 9.17) is 0 Å². The number of hydrogen-bond acceptors (Lipinski definition) is 2. The standard InChI is InChI=1S/C44H46N2/c1-43(2,3)32-41(44(4,5)6)34-27-29-37(30-28-34)46(42-26-15-18-33-17-13-14-25-40(33)42)39-24-16-23-38(31-39)45(35-19-9-7-10-20-35)36-21-11-8-12-22-36/h7-31,41H,32H2,1-6H3. The summed E-state index contributed by atoms with van der Waals surface area (Å²) in [5.74, 6) is 0.459. The van der Waals surface area contributed by atoms with Crippen molar-refractivity contribution in [3.63, 3.8) is 0 Å². The van der Waals surface area contributed by atoms with Gasteiger partial charge in [0.25, 0.3) is 0 Å². The minimum atomic E-state index is 0.163. The molecule has 6 rings (SSSR count). The van der Waals surface area contributed by atoms with Gasteiger partial charge in [0, 0.05) is 33.8 Å². The summed E-state index contributed by atoms with van der Waals surface area (Å²) in [6.07, 6.45) is 1.14. The molecule has 0 heterocycles. The van der Waals surface area contributed by atoms with Gasteiger partial charge in [0.1, 0.15) is 0 Å². The lowest BCUT2D eigenvalue weighted by Gasteiger charge is -2.36. The van der Waals surface area contributed by atoms with Gasteiger partial charge in [-0.15, -0.1) is 0 Å². The summed E-state index contributed by atoms with van der Waals surface area (Å²) in [7, 11) is 0. The smallest absolute Gasteiger partial charge is 0.0540 e. The molecule has 6 aromatic carbocycles. The predicted molar refractivity (Wildman–Crippen MR) is 200 cm³/mol. The van der Waals surface area contributed by atoms with Crippen molar-refractivity contribution >= 4 is 44.9 Å². The lowest BCUT2D eigenvalue weighted by Crippen LogP contribution is -2.24. The second-order valence-electron chi connectivity index (χ2n) is 14.6. The van der Waals surface area contributed by atoms with Crippen LogP contribution in [0.3, 0.4) is 0 Å². The van der Waals surface area contributed by atoms with E-state index in [0.29, 0.717) is 5.92 Å². The van der Waals surface area contributed by atoms with Gasteiger partial charge in [-0.1, -0.05) is 133 Å². The maximum Gasteiger partial charge on any atom is 0.0540 e. The first-order chi connectivity index (χ1) is 22.1. The van der Waals surface area contributed by atoms with Gasteiger partial charge in [0.2, 0.25) is 0 Å². The van der Waals surface area contributed by atoms with Crippen LogP contribution < -0.4 is 9.80 Å². The second kappa shape index (κ2) is 12.9.